The van der Waals surface area contributed by atoms with Crippen molar-refractivity contribution in [2.45, 2.75) is 0 Å². The molecule has 5 heteroatoms. The highest BCUT2D eigenvalue weighted by Gasteiger charge is 2.15. The SMILES string of the molecule is c1ccc(-c2ccc3ccc4ccc(-c5ccc(-c6nc7c(cnc8c7ccc7cccnc78)c7ccccc67)cc5)nc4c3n2)cc1. The van der Waals surface area contributed by atoms with E-state index in [2.05, 4.69) is 120 Å². The van der Waals surface area contributed by atoms with Crippen LogP contribution in [0.5, 0.6) is 0 Å². The highest BCUT2D eigenvalue weighted by molar-refractivity contribution is 6.20. The fraction of sp³-hybridized carbons (Fsp3) is 0. The molecule has 0 radical (unpaired) electrons. The van der Waals surface area contributed by atoms with Gasteiger partial charge in [0.2, 0.25) is 0 Å². The minimum Gasteiger partial charge on any atom is -0.254 e. The van der Waals surface area contributed by atoms with Gasteiger partial charge in [-0.05, 0) is 29.7 Å². The quantitative estimate of drug-likeness (QED) is 0.186. The molecule has 0 atom stereocenters. The van der Waals surface area contributed by atoms with Crippen LogP contribution >= 0.6 is 0 Å². The zero-order valence-electron chi connectivity index (χ0n) is 25.7. The van der Waals surface area contributed by atoms with E-state index in [4.69, 9.17) is 19.9 Å². The number of hydrogen-bond donors (Lipinski definition) is 0. The summed E-state index contributed by atoms with van der Waals surface area (Å²) >= 11 is 0. The molecule has 0 saturated carbocycles. The van der Waals surface area contributed by atoms with Crippen LogP contribution in [0, 0.1) is 0 Å². The Labute approximate surface area is 275 Å². The van der Waals surface area contributed by atoms with Crippen molar-refractivity contribution in [1.82, 2.24) is 24.9 Å². The van der Waals surface area contributed by atoms with Crippen LogP contribution in [-0.2, 0) is 0 Å². The first kappa shape index (κ1) is 26.6. The summed E-state index contributed by atoms with van der Waals surface area (Å²) < 4.78 is 0. The van der Waals surface area contributed by atoms with E-state index in [0.29, 0.717) is 0 Å². The van der Waals surface area contributed by atoms with Crippen molar-refractivity contribution < 1.29 is 0 Å². The number of benzene rings is 5. The monoisotopic (exact) mass is 611 g/mol. The van der Waals surface area contributed by atoms with E-state index in [1.807, 2.05) is 36.7 Å². The lowest BCUT2D eigenvalue weighted by atomic mass is 9.98. The second-order valence-corrected chi connectivity index (χ2v) is 12.1. The van der Waals surface area contributed by atoms with Gasteiger partial charge < -0.3 is 0 Å². The molecule has 0 aliphatic heterocycles. The summed E-state index contributed by atoms with van der Waals surface area (Å²) in [5.74, 6) is 0. The van der Waals surface area contributed by atoms with Crippen molar-refractivity contribution in [3.8, 4) is 33.8 Å². The van der Waals surface area contributed by atoms with Crippen molar-refractivity contribution in [3.05, 3.63) is 152 Å². The van der Waals surface area contributed by atoms with Gasteiger partial charge in [0.05, 0.1) is 44.7 Å². The fourth-order valence-corrected chi connectivity index (χ4v) is 6.92. The number of rotatable bonds is 3. The lowest BCUT2D eigenvalue weighted by Crippen LogP contribution is -1.94. The standard InChI is InChI=1S/C43H25N5/c1-2-7-26(8-3-1)36-22-19-30-16-17-31-20-23-37(47-41(31)40(30)46-36)27-12-14-29(15-13-27)38-33-11-5-4-10-32(33)35-25-45-43-34(42(35)48-38)21-18-28-9-6-24-44-39(28)43/h1-25H. The summed E-state index contributed by atoms with van der Waals surface area (Å²) in [6.07, 6.45) is 3.76. The van der Waals surface area contributed by atoms with E-state index in [-0.39, 0.29) is 0 Å². The smallest absolute Gasteiger partial charge is 0.0986 e. The lowest BCUT2D eigenvalue weighted by Gasteiger charge is -2.13. The Morgan fingerprint density at radius 2 is 0.917 bits per heavy atom. The topological polar surface area (TPSA) is 64.5 Å². The average Bonchev–Trinajstić information content (AvgIpc) is 3.17. The van der Waals surface area contributed by atoms with Gasteiger partial charge >= 0.3 is 0 Å². The maximum atomic E-state index is 5.33. The third-order valence-corrected chi connectivity index (χ3v) is 9.32. The van der Waals surface area contributed by atoms with Crippen LogP contribution < -0.4 is 0 Å². The second-order valence-electron chi connectivity index (χ2n) is 12.1. The predicted octanol–water partition coefficient (Wildman–Crippen LogP) is 10.6. The van der Waals surface area contributed by atoms with Crippen LogP contribution in [0.15, 0.2) is 152 Å². The van der Waals surface area contributed by atoms with Gasteiger partial charge in [0.1, 0.15) is 0 Å². The van der Waals surface area contributed by atoms with Crippen LogP contribution in [0.2, 0.25) is 0 Å². The molecule has 0 fully saturated rings. The molecule has 10 aromatic rings. The van der Waals surface area contributed by atoms with E-state index in [9.17, 15) is 0 Å². The van der Waals surface area contributed by atoms with Crippen LogP contribution in [-0.4, -0.2) is 24.9 Å². The van der Waals surface area contributed by atoms with Gasteiger partial charge in [-0.25, -0.2) is 15.0 Å². The molecular formula is C43H25N5. The molecular weight excluding hydrogens is 587 g/mol. The number of pyridine rings is 5. The van der Waals surface area contributed by atoms with E-state index in [1.165, 1.54) is 0 Å². The molecule has 0 unspecified atom stereocenters. The first-order valence-electron chi connectivity index (χ1n) is 16.0. The van der Waals surface area contributed by atoms with Gasteiger partial charge in [-0.1, -0.05) is 115 Å². The van der Waals surface area contributed by atoms with E-state index in [1.54, 1.807) is 0 Å². The molecule has 0 saturated heterocycles. The molecule has 0 N–H and O–H groups in total. The molecule has 5 aromatic heterocycles. The minimum absolute atomic E-state index is 0.866. The minimum atomic E-state index is 0.866. The van der Waals surface area contributed by atoms with Gasteiger partial charge in [0.25, 0.3) is 0 Å². The molecule has 5 heterocycles. The van der Waals surface area contributed by atoms with Crippen LogP contribution in [0.1, 0.15) is 0 Å². The molecule has 0 amide bonds. The first-order chi connectivity index (χ1) is 23.8. The Hall–Kier alpha value is -6.59. The summed E-state index contributed by atoms with van der Waals surface area (Å²) in [5.41, 5.74) is 10.4. The summed E-state index contributed by atoms with van der Waals surface area (Å²) in [5, 5.41) is 7.46. The Morgan fingerprint density at radius 3 is 1.67 bits per heavy atom. The summed E-state index contributed by atoms with van der Waals surface area (Å²) in [6, 6.07) is 48.2. The van der Waals surface area contributed by atoms with Gasteiger partial charge in [-0.15, -0.1) is 0 Å². The van der Waals surface area contributed by atoms with Crippen molar-refractivity contribution in [2.24, 2.45) is 0 Å². The summed E-state index contributed by atoms with van der Waals surface area (Å²) in [7, 11) is 0. The first-order valence-corrected chi connectivity index (χ1v) is 16.0. The third-order valence-electron chi connectivity index (χ3n) is 9.32. The zero-order valence-corrected chi connectivity index (χ0v) is 25.7. The maximum absolute atomic E-state index is 5.33. The van der Waals surface area contributed by atoms with Gasteiger partial charge in [-0.3, -0.25) is 9.97 Å². The van der Waals surface area contributed by atoms with Crippen molar-refractivity contribution in [2.75, 3.05) is 0 Å². The van der Waals surface area contributed by atoms with E-state index >= 15 is 0 Å². The Morgan fingerprint density at radius 1 is 0.312 bits per heavy atom. The molecule has 5 nitrogen and oxygen atoms in total. The predicted molar refractivity (Wildman–Crippen MR) is 197 cm³/mol. The molecule has 5 aromatic carbocycles. The Kier molecular flexibility index (Phi) is 5.81. The zero-order chi connectivity index (χ0) is 31.6. The molecule has 0 aliphatic carbocycles. The molecule has 0 bridgehead atoms. The van der Waals surface area contributed by atoms with Gasteiger partial charge in [-0.2, -0.15) is 0 Å². The molecule has 0 aliphatic rings. The van der Waals surface area contributed by atoms with Crippen molar-refractivity contribution >= 4 is 65.3 Å². The number of nitrogens with zero attached hydrogens (tertiary/aromatic N) is 5. The molecule has 222 valence electrons. The van der Waals surface area contributed by atoms with Crippen molar-refractivity contribution in [3.63, 3.8) is 0 Å². The molecule has 10 rings (SSSR count). The lowest BCUT2D eigenvalue weighted by molar-refractivity contribution is 1.36. The largest absolute Gasteiger partial charge is 0.254 e. The molecule has 48 heavy (non-hydrogen) atoms. The molecule has 0 spiro atoms. The normalized spacial score (nSPS) is 11.8. The summed E-state index contributed by atoms with van der Waals surface area (Å²) in [4.78, 5) is 25.1. The van der Waals surface area contributed by atoms with Gasteiger partial charge in [0, 0.05) is 61.4 Å². The van der Waals surface area contributed by atoms with Crippen molar-refractivity contribution in [1.29, 1.82) is 0 Å². The Bertz CT molecular complexity index is 2880. The van der Waals surface area contributed by atoms with Gasteiger partial charge in [0.15, 0.2) is 0 Å². The second kappa shape index (κ2) is 10.5. The maximum Gasteiger partial charge on any atom is 0.0986 e. The van der Waals surface area contributed by atoms with Crippen LogP contribution in [0.3, 0.4) is 0 Å². The average molecular weight is 612 g/mol. The number of hydrogen-bond acceptors (Lipinski definition) is 5. The fourth-order valence-electron chi connectivity index (χ4n) is 6.92. The number of aromatic nitrogens is 5. The summed E-state index contributed by atoms with van der Waals surface area (Å²) in [6.45, 7) is 0. The number of fused-ring (bicyclic) bond motifs is 10. The van der Waals surface area contributed by atoms with Crippen LogP contribution in [0.4, 0.5) is 0 Å². The highest BCUT2D eigenvalue weighted by Crippen LogP contribution is 2.37. The highest BCUT2D eigenvalue weighted by atomic mass is 14.8. The van der Waals surface area contributed by atoms with Crippen LogP contribution in [0.25, 0.3) is 99.1 Å². The van der Waals surface area contributed by atoms with E-state index < -0.39 is 0 Å². The third kappa shape index (κ3) is 4.15. The van der Waals surface area contributed by atoms with E-state index in [0.717, 1.165) is 99.1 Å². The Balaban J connectivity index is 1.11.